The Balaban J connectivity index is 2.01. The number of hydrogen-bond acceptors (Lipinski definition) is 2. The number of carbonyl (C=O) groups excluding carboxylic acids is 1. The minimum absolute atomic E-state index is 0.107. The minimum atomic E-state index is -0.181. The summed E-state index contributed by atoms with van der Waals surface area (Å²) >= 11 is 3.56. The van der Waals surface area contributed by atoms with E-state index in [0.29, 0.717) is 6.54 Å². The Hall–Kier alpha value is -1.65. The number of para-hydroxylation sites is 1. The number of anilines is 1. The van der Waals surface area contributed by atoms with Gasteiger partial charge in [-0.25, -0.2) is 0 Å². The predicted molar refractivity (Wildman–Crippen MR) is 88.1 cm³/mol. The Morgan fingerprint density at radius 1 is 1.19 bits per heavy atom. The van der Waals surface area contributed by atoms with Crippen molar-refractivity contribution in [2.45, 2.75) is 26.1 Å². The van der Waals surface area contributed by atoms with E-state index in [1.165, 1.54) is 0 Å². The maximum absolute atomic E-state index is 12.7. The Morgan fingerprint density at radius 2 is 1.90 bits per heavy atom. The highest BCUT2D eigenvalue weighted by molar-refractivity contribution is 9.10. The van der Waals surface area contributed by atoms with Gasteiger partial charge < -0.3 is 10.2 Å². The van der Waals surface area contributed by atoms with Crippen molar-refractivity contribution >= 4 is 27.5 Å². The molecular weight excluding hydrogens is 328 g/mol. The number of amides is 1. The first-order chi connectivity index (χ1) is 10.2. The molecule has 0 saturated carbocycles. The lowest BCUT2D eigenvalue weighted by atomic mass is 10.1. The molecule has 1 amide bonds. The Morgan fingerprint density at radius 3 is 2.71 bits per heavy atom. The molecule has 0 aliphatic carbocycles. The smallest absolute Gasteiger partial charge is 0.244 e. The summed E-state index contributed by atoms with van der Waals surface area (Å²) in [6.07, 6.45) is 0. The van der Waals surface area contributed by atoms with E-state index in [-0.39, 0.29) is 11.9 Å². The largest absolute Gasteiger partial charge is 0.306 e. The lowest BCUT2D eigenvalue weighted by Gasteiger charge is -2.25. The quantitative estimate of drug-likeness (QED) is 0.904. The third-order valence-electron chi connectivity index (χ3n) is 3.80. The van der Waals surface area contributed by atoms with Crippen molar-refractivity contribution in [2.75, 3.05) is 4.90 Å². The Kier molecular flexibility index (Phi) is 4.08. The fraction of sp³-hybridized carbons (Fsp3) is 0.235. The van der Waals surface area contributed by atoms with E-state index in [0.717, 1.165) is 27.8 Å². The van der Waals surface area contributed by atoms with Crippen LogP contribution in [0.2, 0.25) is 0 Å². The van der Waals surface area contributed by atoms with Crippen molar-refractivity contribution < 1.29 is 4.79 Å². The third kappa shape index (κ3) is 2.87. The van der Waals surface area contributed by atoms with E-state index in [9.17, 15) is 4.79 Å². The second-order valence-corrected chi connectivity index (χ2v) is 6.10. The molecule has 1 heterocycles. The lowest BCUT2D eigenvalue weighted by Crippen LogP contribution is -2.42. The first-order valence-electron chi connectivity index (χ1n) is 7.03. The summed E-state index contributed by atoms with van der Waals surface area (Å²) in [5.74, 6) is 0.107. The van der Waals surface area contributed by atoms with Gasteiger partial charge >= 0.3 is 0 Å². The van der Waals surface area contributed by atoms with Gasteiger partial charge in [-0.1, -0.05) is 52.3 Å². The zero-order valence-corrected chi connectivity index (χ0v) is 13.4. The maximum atomic E-state index is 12.7. The van der Waals surface area contributed by atoms with Crippen LogP contribution in [0, 0.1) is 0 Å². The van der Waals surface area contributed by atoms with Crippen molar-refractivity contribution in [3.05, 3.63) is 64.1 Å². The van der Waals surface area contributed by atoms with Gasteiger partial charge in [0.15, 0.2) is 0 Å². The second kappa shape index (κ2) is 6.00. The van der Waals surface area contributed by atoms with Gasteiger partial charge in [-0.2, -0.15) is 0 Å². The normalized spacial score (nSPS) is 18.3. The van der Waals surface area contributed by atoms with Crippen molar-refractivity contribution in [1.82, 2.24) is 5.32 Å². The molecule has 1 aliphatic rings. The van der Waals surface area contributed by atoms with Crippen LogP contribution < -0.4 is 10.2 Å². The van der Waals surface area contributed by atoms with E-state index in [2.05, 4.69) is 27.3 Å². The molecule has 3 rings (SSSR count). The molecule has 0 spiro atoms. The SMILES string of the molecule is CC1NCc2ccccc2N(Cc2ccccc2Br)C1=O. The molecule has 4 heteroatoms. The molecule has 0 aromatic heterocycles. The topological polar surface area (TPSA) is 32.3 Å². The fourth-order valence-electron chi connectivity index (χ4n) is 2.59. The average Bonchev–Trinajstić information content (AvgIpc) is 2.62. The highest BCUT2D eigenvalue weighted by Gasteiger charge is 2.27. The lowest BCUT2D eigenvalue weighted by molar-refractivity contribution is -0.120. The Labute approximate surface area is 133 Å². The highest BCUT2D eigenvalue weighted by Crippen LogP contribution is 2.27. The molecule has 1 atom stereocenters. The second-order valence-electron chi connectivity index (χ2n) is 5.25. The van der Waals surface area contributed by atoms with E-state index in [1.54, 1.807) is 0 Å². The number of benzene rings is 2. The number of nitrogens with one attached hydrogen (secondary N) is 1. The first kappa shape index (κ1) is 14.3. The number of rotatable bonds is 2. The van der Waals surface area contributed by atoms with Crippen molar-refractivity contribution in [3.63, 3.8) is 0 Å². The maximum Gasteiger partial charge on any atom is 0.244 e. The van der Waals surface area contributed by atoms with Gasteiger partial charge in [0.2, 0.25) is 5.91 Å². The van der Waals surface area contributed by atoms with Crippen LogP contribution in [0.3, 0.4) is 0 Å². The first-order valence-corrected chi connectivity index (χ1v) is 7.82. The monoisotopic (exact) mass is 344 g/mol. The summed E-state index contributed by atoms with van der Waals surface area (Å²) in [6, 6.07) is 15.9. The zero-order valence-electron chi connectivity index (χ0n) is 11.8. The third-order valence-corrected chi connectivity index (χ3v) is 4.58. The van der Waals surface area contributed by atoms with Gasteiger partial charge in [0, 0.05) is 16.7 Å². The summed E-state index contributed by atoms with van der Waals surface area (Å²) < 4.78 is 1.03. The van der Waals surface area contributed by atoms with Gasteiger partial charge in [0.25, 0.3) is 0 Å². The summed E-state index contributed by atoms with van der Waals surface area (Å²) in [7, 11) is 0. The van der Waals surface area contributed by atoms with Crippen LogP contribution in [-0.4, -0.2) is 11.9 Å². The van der Waals surface area contributed by atoms with Crippen molar-refractivity contribution in [2.24, 2.45) is 0 Å². The molecular formula is C17H17BrN2O. The number of halogens is 1. The molecule has 108 valence electrons. The summed E-state index contributed by atoms with van der Waals surface area (Å²) in [5.41, 5.74) is 3.26. The van der Waals surface area contributed by atoms with E-state index >= 15 is 0 Å². The predicted octanol–water partition coefficient (Wildman–Crippen LogP) is 3.47. The highest BCUT2D eigenvalue weighted by atomic mass is 79.9. The van der Waals surface area contributed by atoms with Crippen molar-refractivity contribution in [3.8, 4) is 0 Å². The van der Waals surface area contributed by atoms with Crippen molar-refractivity contribution in [1.29, 1.82) is 0 Å². The number of fused-ring (bicyclic) bond motifs is 1. The van der Waals surface area contributed by atoms with Gasteiger partial charge in [0.1, 0.15) is 0 Å². The molecule has 1 N–H and O–H groups in total. The molecule has 2 aromatic rings. The van der Waals surface area contributed by atoms with Crippen LogP contribution in [0.25, 0.3) is 0 Å². The zero-order chi connectivity index (χ0) is 14.8. The summed E-state index contributed by atoms with van der Waals surface area (Å²) in [6.45, 7) is 3.21. The van der Waals surface area contributed by atoms with Crippen LogP contribution in [0.5, 0.6) is 0 Å². The molecule has 1 unspecified atom stereocenters. The minimum Gasteiger partial charge on any atom is -0.306 e. The van der Waals surface area contributed by atoms with Gasteiger partial charge in [0.05, 0.1) is 12.6 Å². The molecule has 0 fully saturated rings. The number of nitrogens with zero attached hydrogens (tertiary/aromatic N) is 1. The van der Waals surface area contributed by atoms with Crippen LogP contribution in [0.4, 0.5) is 5.69 Å². The van der Waals surface area contributed by atoms with E-state index in [1.807, 2.05) is 54.3 Å². The van der Waals surface area contributed by atoms with Crippen LogP contribution in [0.1, 0.15) is 18.1 Å². The molecule has 2 aromatic carbocycles. The number of hydrogen-bond donors (Lipinski definition) is 1. The molecule has 0 radical (unpaired) electrons. The van der Waals surface area contributed by atoms with Crippen LogP contribution >= 0.6 is 15.9 Å². The van der Waals surface area contributed by atoms with Gasteiger partial charge in [-0.15, -0.1) is 0 Å². The standard InChI is InChI=1S/C17H17BrN2O/c1-12-17(21)20(11-14-7-2-4-8-15(14)18)16-9-5-3-6-13(16)10-19-12/h2-9,12,19H,10-11H2,1H3. The molecule has 1 aliphatic heterocycles. The van der Waals surface area contributed by atoms with E-state index in [4.69, 9.17) is 0 Å². The molecule has 3 nitrogen and oxygen atoms in total. The summed E-state index contributed by atoms with van der Waals surface area (Å²) in [5, 5.41) is 3.28. The van der Waals surface area contributed by atoms with Gasteiger partial charge in [-0.3, -0.25) is 4.79 Å². The average molecular weight is 345 g/mol. The van der Waals surface area contributed by atoms with Crippen LogP contribution in [-0.2, 0) is 17.9 Å². The van der Waals surface area contributed by atoms with Gasteiger partial charge in [-0.05, 0) is 30.2 Å². The fourth-order valence-corrected chi connectivity index (χ4v) is 3.00. The number of carbonyl (C=O) groups is 1. The summed E-state index contributed by atoms with van der Waals surface area (Å²) in [4.78, 5) is 14.5. The molecule has 0 saturated heterocycles. The van der Waals surface area contributed by atoms with Crippen LogP contribution in [0.15, 0.2) is 53.0 Å². The Bertz CT molecular complexity index is 671. The van der Waals surface area contributed by atoms with E-state index < -0.39 is 0 Å². The molecule has 21 heavy (non-hydrogen) atoms. The molecule has 0 bridgehead atoms.